The maximum atomic E-state index is 13.0. The monoisotopic (exact) mass is 483 g/mol. The third-order valence-electron chi connectivity index (χ3n) is 4.85. The first-order chi connectivity index (χ1) is 15.9. The minimum Gasteiger partial charge on any atom is -0.444 e. The first kappa shape index (κ1) is 25.3. The van der Waals surface area contributed by atoms with Crippen molar-refractivity contribution in [2.45, 2.75) is 44.2 Å². The zero-order chi connectivity index (χ0) is 24.9. The van der Waals surface area contributed by atoms with Gasteiger partial charge in [-0.25, -0.2) is 17.9 Å². The van der Waals surface area contributed by atoms with Crippen molar-refractivity contribution in [1.29, 1.82) is 0 Å². The van der Waals surface area contributed by atoms with Gasteiger partial charge in [-0.2, -0.15) is 0 Å². The van der Waals surface area contributed by atoms with E-state index in [2.05, 4.69) is 9.71 Å². The number of fused-ring (bicyclic) bond motifs is 1. The summed E-state index contributed by atoms with van der Waals surface area (Å²) < 4.78 is 34.0. The fraction of sp³-hybridized carbons (Fsp3) is 0.320. The van der Waals surface area contributed by atoms with E-state index in [0.717, 1.165) is 10.8 Å². The SMILES string of the molecule is C[C@H](CN(CC(=O)c1ccccc1)C(=O)OC(C)(C)C)NS(=O)(=O)c1ccc2cnccc2c1. The Morgan fingerprint density at radius 1 is 1.06 bits per heavy atom. The lowest BCUT2D eigenvalue weighted by atomic mass is 10.1. The number of benzene rings is 2. The number of hydrogen-bond acceptors (Lipinski definition) is 6. The van der Waals surface area contributed by atoms with Crippen LogP contribution < -0.4 is 4.72 Å². The summed E-state index contributed by atoms with van der Waals surface area (Å²) in [6.07, 6.45) is 2.56. The van der Waals surface area contributed by atoms with Crippen LogP contribution in [0.2, 0.25) is 0 Å². The maximum Gasteiger partial charge on any atom is 0.410 e. The van der Waals surface area contributed by atoms with Crippen LogP contribution in [0.25, 0.3) is 10.8 Å². The third kappa shape index (κ3) is 6.85. The minimum atomic E-state index is -3.87. The molecule has 9 heteroatoms. The summed E-state index contributed by atoms with van der Waals surface area (Å²) in [7, 11) is -3.87. The van der Waals surface area contributed by atoms with Gasteiger partial charge in [0.25, 0.3) is 0 Å². The molecule has 0 aliphatic heterocycles. The van der Waals surface area contributed by atoms with Crippen LogP contribution in [0.4, 0.5) is 4.79 Å². The number of sulfonamides is 1. The molecule has 1 heterocycles. The third-order valence-corrected chi connectivity index (χ3v) is 6.44. The molecule has 8 nitrogen and oxygen atoms in total. The van der Waals surface area contributed by atoms with E-state index < -0.39 is 27.8 Å². The highest BCUT2D eigenvalue weighted by Gasteiger charge is 2.27. The quantitative estimate of drug-likeness (QED) is 0.485. The molecule has 34 heavy (non-hydrogen) atoms. The van der Waals surface area contributed by atoms with Gasteiger partial charge in [0, 0.05) is 35.9 Å². The first-order valence-corrected chi connectivity index (χ1v) is 12.4. The van der Waals surface area contributed by atoms with Crippen LogP contribution in [0.5, 0.6) is 0 Å². The summed E-state index contributed by atoms with van der Waals surface area (Å²) >= 11 is 0. The zero-order valence-electron chi connectivity index (χ0n) is 19.7. The summed E-state index contributed by atoms with van der Waals surface area (Å²) in [5.41, 5.74) is -0.316. The van der Waals surface area contributed by atoms with E-state index in [1.165, 1.54) is 11.0 Å². The van der Waals surface area contributed by atoms with Crippen molar-refractivity contribution in [3.8, 4) is 0 Å². The molecule has 0 unspecified atom stereocenters. The van der Waals surface area contributed by atoms with Gasteiger partial charge in [-0.05, 0) is 51.3 Å². The predicted molar refractivity (Wildman–Crippen MR) is 130 cm³/mol. The molecule has 3 aromatic rings. The molecule has 180 valence electrons. The Labute approximate surface area is 200 Å². The molecule has 0 saturated carbocycles. The summed E-state index contributed by atoms with van der Waals surface area (Å²) in [6, 6.07) is 14.4. The van der Waals surface area contributed by atoms with Crippen molar-refractivity contribution >= 4 is 32.7 Å². The van der Waals surface area contributed by atoms with Gasteiger partial charge < -0.3 is 4.74 Å². The second kappa shape index (κ2) is 10.3. The number of carbonyl (C=O) groups is 2. The number of rotatable bonds is 8. The van der Waals surface area contributed by atoms with Crippen LogP contribution in [0.1, 0.15) is 38.1 Å². The second-order valence-corrected chi connectivity index (χ2v) is 10.8. The molecule has 0 aliphatic carbocycles. The topological polar surface area (TPSA) is 106 Å². The summed E-state index contributed by atoms with van der Waals surface area (Å²) in [5.74, 6) is -0.273. The van der Waals surface area contributed by atoms with E-state index in [4.69, 9.17) is 4.74 Å². The van der Waals surface area contributed by atoms with Gasteiger partial charge in [-0.15, -0.1) is 0 Å². The fourth-order valence-corrected chi connectivity index (χ4v) is 4.62. The average molecular weight is 484 g/mol. The molecule has 1 N–H and O–H groups in total. The zero-order valence-corrected chi connectivity index (χ0v) is 20.5. The van der Waals surface area contributed by atoms with Gasteiger partial charge in [0.05, 0.1) is 11.4 Å². The van der Waals surface area contributed by atoms with E-state index in [-0.39, 0.29) is 23.8 Å². The number of hydrogen-bond donors (Lipinski definition) is 1. The summed E-state index contributed by atoms with van der Waals surface area (Å²) in [4.78, 5) is 30.9. The Hall–Kier alpha value is -3.30. The molecule has 0 spiro atoms. The summed E-state index contributed by atoms with van der Waals surface area (Å²) in [6.45, 7) is 6.52. The van der Waals surface area contributed by atoms with Crippen molar-refractivity contribution in [3.63, 3.8) is 0 Å². The molecular weight excluding hydrogens is 454 g/mol. The lowest BCUT2D eigenvalue weighted by Crippen LogP contribution is -2.47. The number of ketones is 1. The van der Waals surface area contributed by atoms with E-state index in [0.29, 0.717) is 5.56 Å². The molecule has 1 aromatic heterocycles. The largest absolute Gasteiger partial charge is 0.444 e. The Kier molecular flexibility index (Phi) is 7.68. The van der Waals surface area contributed by atoms with Gasteiger partial charge in [0.1, 0.15) is 5.60 Å². The van der Waals surface area contributed by atoms with E-state index >= 15 is 0 Å². The van der Waals surface area contributed by atoms with E-state index in [1.54, 1.807) is 88.6 Å². The van der Waals surface area contributed by atoms with E-state index in [9.17, 15) is 18.0 Å². The summed E-state index contributed by atoms with van der Waals surface area (Å²) in [5, 5.41) is 1.57. The van der Waals surface area contributed by atoms with Crippen LogP contribution in [0.3, 0.4) is 0 Å². The standard InChI is InChI=1S/C25H29N3O5S/c1-18(27-34(31,32)22-11-10-21-15-26-13-12-20(21)14-22)16-28(24(30)33-25(2,3)4)17-23(29)19-8-6-5-7-9-19/h5-15,18,27H,16-17H2,1-4H3/t18-/m1/s1. The number of Topliss-reactive ketones (excluding diaryl/α,β-unsaturated/α-hetero) is 1. The number of nitrogens with zero attached hydrogens (tertiary/aromatic N) is 2. The molecule has 0 fully saturated rings. The molecule has 2 aromatic carbocycles. The minimum absolute atomic E-state index is 0.0514. The Bertz CT molecular complexity index is 1270. The molecule has 0 bridgehead atoms. The van der Waals surface area contributed by atoms with Gasteiger partial charge in [-0.1, -0.05) is 36.4 Å². The fourth-order valence-electron chi connectivity index (χ4n) is 3.35. The molecule has 1 amide bonds. The van der Waals surface area contributed by atoms with Gasteiger partial charge in [-0.3, -0.25) is 14.7 Å². The Morgan fingerprint density at radius 2 is 1.76 bits per heavy atom. The molecule has 1 atom stereocenters. The van der Waals surface area contributed by atoms with Crippen molar-refractivity contribution in [3.05, 3.63) is 72.6 Å². The van der Waals surface area contributed by atoms with Crippen LogP contribution >= 0.6 is 0 Å². The number of ether oxygens (including phenoxy) is 1. The number of nitrogens with one attached hydrogen (secondary N) is 1. The van der Waals surface area contributed by atoms with Gasteiger partial charge in [0.2, 0.25) is 10.0 Å². The molecule has 3 rings (SSSR count). The Morgan fingerprint density at radius 3 is 2.44 bits per heavy atom. The van der Waals surface area contributed by atoms with Crippen LogP contribution in [0, 0.1) is 0 Å². The van der Waals surface area contributed by atoms with Crippen LogP contribution in [-0.4, -0.2) is 54.9 Å². The highest BCUT2D eigenvalue weighted by Crippen LogP contribution is 2.19. The maximum absolute atomic E-state index is 13.0. The van der Waals surface area contributed by atoms with Crippen molar-refractivity contribution in [1.82, 2.24) is 14.6 Å². The molecule has 0 aliphatic rings. The Balaban J connectivity index is 1.77. The lowest BCUT2D eigenvalue weighted by molar-refractivity contribution is 0.0237. The number of aromatic nitrogens is 1. The first-order valence-electron chi connectivity index (χ1n) is 10.9. The van der Waals surface area contributed by atoms with Crippen molar-refractivity contribution in [2.24, 2.45) is 0 Å². The smallest absolute Gasteiger partial charge is 0.410 e. The predicted octanol–water partition coefficient (Wildman–Crippen LogP) is 4.02. The lowest BCUT2D eigenvalue weighted by Gasteiger charge is -2.29. The molecule has 0 saturated heterocycles. The normalized spacial score (nSPS) is 12.8. The van der Waals surface area contributed by atoms with Crippen LogP contribution in [0.15, 0.2) is 71.9 Å². The second-order valence-electron chi connectivity index (χ2n) is 9.06. The highest BCUT2D eigenvalue weighted by atomic mass is 32.2. The van der Waals surface area contributed by atoms with Gasteiger partial charge in [0.15, 0.2) is 5.78 Å². The van der Waals surface area contributed by atoms with E-state index in [1.807, 2.05) is 0 Å². The molecule has 0 radical (unpaired) electrons. The number of amides is 1. The number of carbonyl (C=O) groups excluding carboxylic acids is 2. The van der Waals surface area contributed by atoms with Crippen molar-refractivity contribution < 1.29 is 22.7 Å². The number of pyridine rings is 1. The molecular formula is C25H29N3O5S. The average Bonchev–Trinajstić information content (AvgIpc) is 2.77. The van der Waals surface area contributed by atoms with Crippen LogP contribution in [-0.2, 0) is 14.8 Å². The highest BCUT2D eigenvalue weighted by molar-refractivity contribution is 7.89. The van der Waals surface area contributed by atoms with Gasteiger partial charge >= 0.3 is 6.09 Å². The van der Waals surface area contributed by atoms with Crippen molar-refractivity contribution in [2.75, 3.05) is 13.1 Å².